The Morgan fingerprint density at radius 3 is 2.46 bits per heavy atom. The highest BCUT2D eigenvalue weighted by atomic mass is 32.2. The predicted octanol–water partition coefficient (Wildman–Crippen LogP) is 4.20. The van der Waals surface area contributed by atoms with Gasteiger partial charge >= 0.3 is 0 Å². The molecule has 2 aliphatic rings. The van der Waals surface area contributed by atoms with E-state index in [0.717, 1.165) is 31.2 Å². The Hall–Kier alpha value is -3.16. The zero-order chi connectivity index (χ0) is 27.1. The molecule has 12 heteroatoms. The molecule has 202 valence electrons. The first-order valence-corrected chi connectivity index (χ1v) is 15.6. The summed E-state index contributed by atoms with van der Waals surface area (Å²) < 4.78 is 33.6. The van der Waals surface area contributed by atoms with E-state index in [1.807, 2.05) is 24.3 Å². The number of rotatable bonds is 5. The first kappa shape index (κ1) is 26.1. The third-order valence-corrected chi connectivity index (χ3v) is 11.1. The number of thiazole rings is 1. The molecule has 0 aliphatic carbocycles. The minimum Gasteiger partial charge on any atom is -0.379 e. The monoisotopic (exact) mass is 582 g/mol. The standard InChI is InChI=1S/C27H26N4O5S3/c1-17(32)30-11-10-20-23(16-30)38-27(24(20)26-28-21-4-2-3-5-22(21)37-26)29-25(33)18-6-8-19(9-7-18)39(34,35)31-12-14-36-15-13-31/h2-9H,10-16H2,1H3,(H,29,33). The van der Waals surface area contributed by atoms with Crippen molar-refractivity contribution in [3.05, 3.63) is 64.5 Å². The Bertz CT molecular complexity index is 1640. The normalized spacial score (nSPS) is 16.3. The van der Waals surface area contributed by atoms with Gasteiger partial charge in [-0.1, -0.05) is 12.1 Å². The molecule has 39 heavy (non-hydrogen) atoms. The second kappa shape index (κ2) is 10.4. The number of fused-ring (bicyclic) bond motifs is 2. The maximum absolute atomic E-state index is 13.4. The SMILES string of the molecule is CC(=O)N1CCc2c(sc(NC(=O)c3ccc(S(=O)(=O)N4CCOCC4)cc3)c2-c2nc3ccccc3s2)C1. The molecule has 0 unspecified atom stereocenters. The zero-order valence-corrected chi connectivity index (χ0v) is 23.6. The van der Waals surface area contributed by atoms with Gasteiger partial charge in [0.2, 0.25) is 15.9 Å². The maximum Gasteiger partial charge on any atom is 0.256 e. The fraction of sp³-hybridized carbons (Fsp3) is 0.296. The average molecular weight is 583 g/mol. The Morgan fingerprint density at radius 1 is 1.00 bits per heavy atom. The molecule has 0 atom stereocenters. The van der Waals surface area contributed by atoms with Crippen molar-refractivity contribution >= 4 is 59.7 Å². The fourth-order valence-electron chi connectivity index (χ4n) is 4.86. The van der Waals surface area contributed by atoms with Crippen LogP contribution in [0.1, 0.15) is 27.7 Å². The van der Waals surface area contributed by atoms with Crippen LogP contribution in [0.3, 0.4) is 0 Å². The van der Waals surface area contributed by atoms with Crippen LogP contribution in [-0.4, -0.2) is 67.3 Å². The van der Waals surface area contributed by atoms with Gasteiger partial charge < -0.3 is 15.0 Å². The molecule has 4 heterocycles. The number of morpholine rings is 1. The molecule has 2 aromatic heterocycles. The molecule has 0 radical (unpaired) electrons. The van der Waals surface area contributed by atoms with Crippen LogP contribution >= 0.6 is 22.7 Å². The molecule has 6 rings (SSSR count). The van der Waals surface area contributed by atoms with Crippen molar-refractivity contribution in [3.63, 3.8) is 0 Å². The van der Waals surface area contributed by atoms with Gasteiger partial charge in [0.05, 0.1) is 34.9 Å². The molecular formula is C27H26N4O5S3. The highest BCUT2D eigenvalue weighted by Gasteiger charge is 2.29. The molecule has 1 N–H and O–H groups in total. The van der Waals surface area contributed by atoms with Crippen molar-refractivity contribution in [2.24, 2.45) is 0 Å². The molecule has 2 aliphatic heterocycles. The molecule has 4 aromatic rings. The lowest BCUT2D eigenvalue weighted by Crippen LogP contribution is -2.40. The van der Waals surface area contributed by atoms with Crippen molar-refractivity contribution in [1.82, 2.24) is 14.2 Å². The van der Waals surface area contributed by atoms with Crippen molar-refractivity contribution in [1.29, 1.82) is 0 Å². The molecule has 1 fully saturated rings. The van der Waals surface area contributed by atoms with Gasteiger partial charge in [-0.15, -0.1) is 22.7 Å². The third kappa shape index (κ3) is 4.98. The number of thiophene rings is 1. The van der Waals surface area contributed by atoms with E-state index in [1.165, 1.54) is 39.9 Å². The lowest BCUT2D eigenvalue weighted by atomic mass is 10.0. The highest BCUT2D eigenvalue weighted by molar-refractivity contribution is 7.89. The van der Waals surface area contributed by atoms with Gasteiger partial charge in [0.15, 0.2) is 0 Å². The summed E-state index contributed by atoms with van der Waals surface area (Å²) in [6, 6.07) is 13.9. The number of nitrogens with zero attached hydrogens (tertiary/aromatic N) is 3. The minimum atomic E-state index is -3.65. The lowest BCUT2D eigenvalue weighted by molar-refractivity contribution is -0.129. The summed E-state index contributed by atoms with van der Waals surface area (Å²) in [5.74, 6) is -0.317. The summed E-state index contributed by atoms with van der Waals surface area (Å²) in [6.45, 7) is 4.03. The van der Waals surface area contributed by atoms with Crippen molar-refractivity contribution in [2.45, 2.75) is 24.8 Å². The number of anilines is 1. The van der Waals surface area contributed by atoms with E-state index in [9.17, 15) is 18.0 Å². The number of ether oxygens (including phenoxy) is 1. The van der Waals surface area contributed by atoms with Crippen LogP contribution < -0.4 is 5.32 Å². The number of hydrogen-bond donors (Lipinski definition) is 1. The van der Waals surface area contributed by atoms with Crippen LogP contribution in [0.25, 0.3) is 20.8 Å². The Balaban J connectivity index is 1.31. The number of para-hydroxylation sites is 1. The van der Waals surface area contributed by atoms with Crippen molar-refractivity contribution in [2.75, 3.05) is 38.2 Å². The number of sulfonamides is 1. The van der Waals surface area contributed by atoms with Crippen LogP contribution in [-0.2, 0) is 32.5 Å². The van der Waals surface area contributed by atoms with Crippen LogP contribution in [0.2, 0.25) is 0 Å². The Labute approximate surface area is 234 Å². The van der Waals surface area contributed by atoms with Gasteiger partial charge in [0, 0.05) is 42.6 Å². The van der Waals surface area contributed by atoms with E-state index in [4.69, 9.17) is 9.72 Å². The van der Waals surface area contributed by atoms with E-state index in [-0.39, 0.29) is 16.7 Å². The largest absolute Gasteiger partial charge is 0.379 e. The van der Waals surface area contributed by atoms with Crippen molar-refractivity contribution in [3.8, 4) is 10.6 Å². The summed E-state index contributed by atoms with van der Waals surface area (Å²) in [5, 5.41) is 4.57. The Kier molecular flexibility index (Phi) is 6.98. The van der Waals surface area contributed by atoms with E-state index in [0.29, 0.717) is 56.4 Å². The van der Waals surface area contributed by atoms with E-state index < -0.39 is 10.0 Å². The third-order valence-electron chi connectivity index (χ3n) is 6.96. The molecule has 0 saturated carbocycles. The summed E-state index contributed by atoms with van der Waals surface area (Å²) >= 11 is 3.04. The molecular weight excluding hydrogens is 557 g/mol. The second-order valence-electron chi connectivity index (χ2n) is 9.38. The summed E-state index contributed by atoms with van der Waals surface area (Å²) in [5.41, 5.74) is 3.26. The first-order valence-electron chi connectivity index (χ1n) is 12.6. The maximum atomic E-state index is 13.4. The van der Waals surface area contributed by atoms with E-state index in [2.05, 4.69) is 5.32 Å². The number of nitrogens with one attached hydrogen (secondary N) is 1. The second-order valence-corrected chi connectivity index (χ2v) is 13.5. The van der Waals surface area contributed by atoms with Crippen LogP contribution in [0.4, 0.5) is 5.00 Å². The highest BCUT2D eigenvalue weighted by Crippen LogP contribution is 2.45. The topological polar surface area (TPSA) is 109 Å². The van der Waals surface area contributed by atoms with E-state index in [1.54, 1.807) is 23.2 Å². The molecule has 2 aromatic carbocycles. The van der Waals surface area contributed by atoms with Gasteiger partial charge in [-0.2, -0.15) is 4.31 Å². The van der Waals surface area contributed by atoms with E-state index >= 15 is 0 Å². The zero-order valence-electron chi connectivity index (χ0n) is 21.2. The van der Waals surface area contributed by atoms with Gasteiger partial charge in [-0.05, 0) is 48.4 Å². The Morgan fingerprint density at radius 2 is 1.74 bits per heavy atom. The number of carbonyl (C=O) groups excluding carboxylic acids is 2. The van der Waals surface area contributed by atoms with Crippen LogP contribution in [0.15, 0.2) is 53.4 Å². The smallest absolute Gasteiger partial charge is 0.256 e. The minimum absolute atomic E-state index is 0.0216. The average Bonchev–Trinajstić information content (AvgIpc) is 3.53. The number of amides is 2. The number of aromatic nitrogens is 1. The van der Waals surface area contributed by atoms with Gasteiger partial charge in [-0.25, -0.2) is 13.4 Å². The quantitative estimate of drug-likeness (QED) is 0.378. The lowest BCUT2D eigenvalue weighted by Gasteiger charge is -2.26. The van der Waals surface area contributed by atoms with Crippen LogP contribution in [0.5, 0.6) is 0 Å². The predicted molar refractivity (Wildman–Crippen MR) is 152 cm³/mol. The molecule has 0 bridgehead atoms. The van der Waals surface area contributed by atoms with Gasteiger partial charge in [0.1, 0.15) is 10.0 Å². The van der Waals surface area contributed by atoms with Crippen LogP contribution in [0, 0.1) is 0 Å². The molecule has 9 nitrogen and oxygen atoms in total. The van der Waals surface area contributed by atoms with Gasteiger partial charge in [0.25, 0.3) is 5.91 Å². The first-order chi connectivity index (χ1) is 18.8. The van der Waals surface area contributed by atoms with Gasteiger partial charge in [-0.3, -0.25) is 9.59 Å². The number of carbonyl (C=O) groups is 2. The summed E-state index contributed by atoms with van der Waals surface area (Å²) in [4.78, 5) is 33.2. The number of benzene rings is 2. The molecule has 0 spiro atoms. The summed E-state index contributed by atoms with van der Waals surface area (Å²) in [6.07, 6.45) is 0.681. The summed E-state index contributed by atoms with van der Waals surface area (Å²) in [7, 11) is -3.65. The molecule has 2 amide bonds. The fourth-order valence-corrected chi connectivity index (χ4v) is 8.63. The van der Waals surface area contributed by atoms with Crippen molar-refractivity contribution < 1.29 is 22.7 Å². The number of hydrogen-bond acceptors (Lipinski definition) is 8. The molecule has 1 saturated heterocycles.